The van der Waals surface area contributed by atoms with E-state index in [1.54, 1.807) is 0 Å². The Labute approximate surface area is 113 Å². The summed E-state index contributed by atoms with van der Waals surface area (Å²) in [4.78, 5) is 11.4. The summed E-state index contributed by atoms with van der Waals surface area (Å²) >= 11 is 0. The highest BCUT2D eigenvalue weighted by Crippen LogP contribution is 2.31. The van der Waals surface area contributed by atoms with Crippen LogP contribution in [-0.2, 0) is 17.5 Å². The van der Waals surface area contributed by atoms with Crippen molar-refractivity contribution in [2.24, 2.45) is 0 Å². The lowest BCUT2D eigenvalue weighted by Crippen LogP contribution is -2.34. The van der Waals surface area contributed by atoms with Gasteiger partial charge in [-0.2, -0.15) is 13.2 Å². The highest BCUT2D eigenvalue weighted by Gasteiger charge is 2.34. The van der Waals surface area contributed by atoms with Gasteiger partial charge in [-0.05, 0) is 30.5 Å². The summed E-state index contributed by atoms with van der Waals surface area (Å²) in [5, 5.41) is 5.47. The van der Waals surface area contributed by atoms with Crippen LogP contribution in [0, 0.1) is 5.82 Å². The second kappa shape index (κ2) is 5.78. The first-order valence-electron chi connectivity index (χ1n) is 6.22. The van der Waals surface area contributed by atoms with Crippen LogP contribution in [0.25, 0.3) is 0 Å². The van der Waals surface area contributed by atoms with E-state index in [1.165, 1.54) is 6.07 Å². The molecule has 0 aliphatic heterocycles. The Morgan fingerprint density at radius 1 is 1.30 bits per heavy atom. The van der Waals surface area contributed by atoms with Crippen molar-refractivity contribution in [1.82, 2.24) is 10.6 Å². The van der Waals surface area contributed by atoms with Crippen molar-refractivity contribution < 1.29 is 22.4 Å². The number of hydrogen-bond donors (Lipinski definition) is 2. The first-order valence-corrected chi connectivity index (χ1v) is 6.22. The average Bonchev–Trinajstić information content (AvgIpc) is 3.13. The fourth-order valence-corrected chi connectivity index (χ4v) is 1.73. The van der Waals surface area contributed by atoms with Crippen LogP contribution in [0.3, 0.4) is 0 Å². The van der Waals surface area contributed by atoms with Crippen LogP contribution in [0.1, 0.15) is 24.0 Å². The first-order chi connectivity index (χ1) is 9.36. The number of carbonyl (C=O) groups is 1. The zero-order valence-electron chi connectivity index (χ0n) is 10.6. The van der Waals surface area contributed by atoms with Gasteiger partial charge < -0.3 is 10.6 Å². The summed E-state index contributed by atoms with van der Waals surface area (Å²) in [6.07, 6.45) is -2.78. The normalized spacial score (nSPS) is 15.2. The average molecular weight is 290 g/mol. The van der Waals surface area contributed by atoms with E-state index in [2.05, 4.69) is 10.6 Å². The predicted octanol–water partition coefficient (Wildman–Crippen LogP) is 2.21. The van der Waals surface area contributed by atoms with E-state index in [0.717, 1.165) is 25.0 Å². The molecule has 0 heterocycles. The molecular weight excluding hydrogens is 276 g/mol. The Hall–Kier alpha value is -1.63. The molecule has 1 aliphatic rings. The second-order valence-corrected chi connectivity index (χ2v) is 4.76. The highest BCUT2D eigenvalue weighted by atomic mass is 19.4. The van der Waals surface area contributed by atoms with Gasteiger partial charge in [0.1, 0.15) is 5.82 Å². The number of rotatable bonds is 5. The Bertz CT molecular complexity index is 498. The van der Waals surface area contributed by atoms with Crippen LogP contribution >= 0.6 is 0 Å². The van der Waals surface area contributed by atoms with Crippen molar-refractivity contribution in [3.05, 3.63) is 35.1 Å². The summed E-state index contributed by atoms with van der Waals surface area (Å²) in [5.74, 6) is -1.49. The monoisotopic (exact) mass is 290 g/mol. The van der Waals surface area contributed by atoms with E-state index >= 15 is 0 Å². The molecule has 1 aromatic carbocycles. The minimum Gasteiger partial charge on any atom is -0.352 e. The Morgan fingerprint density at radius 2 is 2.00 bits per heavy atom. The van der Waals surface area contributed by atoms with E-state index in [0.29, 0.717) is 0 Å². The molecule has 2 rings (SSSR count). The quantitative estimate of drug-likeness (QED) is 0.816. The standard InChI is InChI=1S/C13H14F4N2O/c14-11-4-1-8(5-10(11)13(15,16)17)6-18-7-12(20)19-9-2-3-9/h1,4-5,9,18H,2-3,6-7H2,(H,19,20). The summed E-state index contributed by atoms with van der Waals surface area (Å²) in [5.41, 5.74) is -1.02. The zero-order chi connectivity index (χ0) is 14.8. The predicted molar refractivity (Wildman–Crippen MR) is 64.3 cm³/mol. The molecule has 1 aromatic rings. The maximum absolute atomic E-state index is 13.1. The van der Waals surface area contributed by atoms with E-state index < -0.39 is 17.6 Å². The van der Waals surface area contributed by atoms with E-state index in [9.17, 15) is 22.4 Å². The highest BCUT2D eigenvalue weighted by molar-refractivity contribution is 5.78. The fourth-order valence-electron chi connectivity index (χ4n) is 1.73. The molecule has 0 spiro atoms. The largest absolute Gasteiger partial charge is 0.419 e. The minimum absolute atomic E-state index is 0.0230. The molecule has 1 fully saturated rings. The number of halogens is 4. The maximum atomic E-state index is 13.1. The number of hydrogen-bond acceptors (Lipinski definition) is 2. The third-order valence-corrected chi connectivity index (χ3v) is 2.89. The van der Waals surface area contributed by atoms with Gasteiger partial charge in [0.05, 0.1) is 12.1 Å². The van der Waals surface area contributed by atoms with Gasteiger partial charge in [0.2, 0.25) is 5.91 Å². The van der Waals surface area contributed by atoms with Crippen LogP contribution in [0.2, 0.25) is 0 Å². The van der Waals surface area contributed by atoms with E-state index in [1.807, 2.05) is 0 Å². The van der Waals surface area contributed by atoms with Gasteiger partial charge in [0.25, 0.3) is 0 Å². The number of amides is 1. The molecule has 0 atom stereocenters. The first kappa shape index (κ1) is 14.8. The zero-order valence-corrected chi connectivity index (χ0v) is 10.6. The molecule has 2 N–H and O–H groups in total. The molecular formula is C13H14F4N2O. The number of benzene rings is 1. The molecule has 1 amide bonds. The summed E-state index contributed by atoms with van der Waals surface area (Å²) < 4.78 is 50.6. The van der Waals surface area contributed by atoms with Crippen molar-refractivity contribution in [3.63, 3.8) is 0 Å². The van der Waals surface area contributed by atoms with Crippen molar-refractivity contribution in [1.29, 1.82) is 0 Å². The molecule has 110 valence electrons. The second-order valence-electron chi connectivity index (χ2n) is 4.76. The lowest BCUT2D eigenvalue weighted by molar-refractivity contribution is -0.140. The molecule has 0 saturated heterocycles. The number of nitrogens with one attached hydrogen (secondary N) is 2. The van der Waals surface area contributed by atoms with Crippen LogP contribution in [-0.4, -0.2) is 18.5 Å². The van der Waals surface area contributed by atoms with Gasteiger partial charge in [-0.15, -0.1) is 0 Å². The van der Waals surface area contributed by atoms with Gasteiger partial charge in [-0.3, -0.25) is 4.79 Å². The third-order valence-electron chi connectivity index (χ3n) is 2.89. The SMILES string of the molecule is O=C(CNCc1ccc(F)c(C(F)(F)F)c1)NC1CC1. The third kappa shape index (κ3) is 4.19. The van der Waals surface area contributed by atoms with Crippen LogP contribution in [0.4, 0.5) is 17.6 Å². The molecule has 0 bridgehead atoms. The minimum atomic E-state index is -4.72. The van der Waals surface area contributed by atoms with Gasteiger partial charge in [0.15, 0.2) is 0 Å². The lowest BCUT2D eigenvalue weighted by atomic mass is 10.1. The molecule has 0 radical (unpaired) electrons. The number of carbonyl (C=O) groups excluding carboxylic acids is 1. The van der Waals surface area contributed by atoms with E-state index in [4.69, 9.17) is 0 Å². The Morgan fingerprint density at radius 3 is 2.60 bits per heavy atom. The molecule has 0 aromatic heterocycles. The molecule has 1 aliphatic carbocycles. The van der Waals surface area contributed by atoms with Gasteiger partial charge in [-0.25, -0.2) is 4.39 Å². The van der Waals surface area contributed by atoms with Crippen molar-refractivity contribution >= 4 is 5.91 Å². The van der Waals surface area contributed by atoms with Crippen molar-refractivity contribution in [2.75, 3.05) is 6.54 Å². The lowest BCUT2D eigenvalue weighted by Gasteiger charge is -2.10. The molecule has 3 nitrogen and oxygen atoms in total. The maximum Gasteiger partial charge on any atom is 0.419 e. The van der Waals surface area contributed by atoms with E-state index in [-0.39, 0.29) is 30.6 Å². The smallest absolute Gasteiger partial charge is 0.352 e. The molecule has 7 heteroatoms. The summed E-state index contributed by atoms with van der Waals surface area (Å²) in [6.45, 7) is 0.0939. The topological polar surface area (TPSA) is 41.1 Å². The molecule has 0 unspecified atom stereocenters. The number of alkyl halides is 3. The van der Waals surface area contributed by atoms with Crippen LogP contribution < -0.4 is 10.6 Å². The van der Waals surface area contributed by atoms with Crippen molar-refractivity contribution in [3.8, 4) is 0 Å². The summed E-state index contributed by atoms with van der Waals surface area (Å²) in [6, 6.07) is 3.04. The Balaban J connectivity index is 1.87. The molecule has 20 heavy (non-hydrogen) atoms. The molecule has 1 saturated carbocycles. The van der Waals surface area contributed by atoms with Gasteiger partial charge in [-0.1, -0.05) is 6.07 Å². The van der Waals surface area contributed by atoms with Crippen molar-refractivity contribution in [2.45, 2.75) is 31.6 Å². The van der Waals surface area contributed by atoms with Gasteiger partial charge in [0, 0.05) is 12.6 Å². The van der Waals surface area contributed by atoms with Crippen LogP contribution in [0.15, 0.2) is 18.2 Å². The summed E-state index contributed by atoms with van der Waals surface area (Å²) in [7, 11) is 0. The van der Waals surface area contributed by atoms with Crippen LogP contribution in [0.5, 0.6) is 0 Å². The Kier molecular flexibility index (Phi) is 4.27. The van der Waals surface area contributed by atoms with Gasteiger partial charge >= 0.3 is 6.18 Å². The fraction of sp³-hybridized carbons (Fsp3) is 0.462.